The summed E-state index contributed by atoms with van der Waals surface area (Å²) in [5.41, 5.74) is 0.876. The summed E-state index contributed by atoms with van der Waals surface area (Å²) in [4.78, 5) is 11.5. The Hall–Kier alpha value is -1.12. The molecule has 0 aliphatic carbocycles. The number of nitrogens with zero attached hydrogens (tertiary/aromatic N) is 2. The van der Waals surface area contributed by atoms with E-state index >= 15 is 0 Å². The second kappa shape index (κ2) is 4.94. The molecule has 1 aromatic rings. The van der Waals surface area contributed by atoms with Crippen molar-refractivity contribution in [1.29, 1.82) is 0 Å². The van der Waals surface area contributed by atoms with Crippen molar-refractivity contribution < 1.29 is 4.79 Å². The largest absolute Gasteiger partial charge is 0.299 e. The van der Waals surface area contributed by atoms with Gasteiger partial charge in [0.25, 0.3) is 0 Å². The molecule has 0 saturated carbocycles. The third-order valence-corrected chi connectivity index (χ3v) is 2.42. The van der Waals surface area contributed by atoms with E-state index in [0.717, 1.165) is 12.1 Å². The third kappa shape index (κ3) is 3.32. The molecule has 0 amide bonds. The molecule has 1 heterocycles. The van der Waals surface area contributed by atoms with Crippen molar-refractivity contribution in [3.8, 4) is 0 Å². The van der Waals surface area contributed by atoms with Crippen molar-refractivity contribution in [3.63, 3.8) is 0 Å². The highest BCUT2D eigenvalue weighted by atomic mass is 16.1. The van der Waals surface area contributed by atoms with Gasteiger partial charge in [-0.15, -0.1) is 0 Å². The second-order valence-corrected chi connectivity index (χ2v) is 3.91. The van der Waals surface area contributed by atoms with E-state index in [9.17, 15) is 4.79 Å². The molecule has 0 N–H and O–H groups in total. The van der Waals surface area contributed by atoms with Gasteiger partial charge < -0.3 is 0 Å². The van der Waals surface area contributed by atoms with Crippen LogP contribution in [0.25, 0.3) is 0 Å². The minimum Gasteiger partial charge on any atom is -0.299 e. The van der Waals surface area contributed by atoms with Gasteiger partial charge in [0.15, 0.2) is 0 Å². The fourth-order valence-electron chi connectivity index (χ4n) is 1.36. The highest BCUT2D eigenvalue weighted by molar-refractivity contribution is 5.80. The van der Waals surface area contributed by atoms with Crippen molar-refractivity contribution in [2.75, 3.05) is 0 Å². The van der Waals surface area contributed by atoms with Crippen LogP contribution in [0.2, 0.25) is 0 Å². The van der Waals surface area contributed by atoms with Crippen LogP contribution in [0, 0.1) is 5.92 Å². The van der Waals surface area contributed by atoms with Gasteiger partial charge in [0.1, 0.15) is 5.78 Å². The molecule has 14 heavy (non-hydrogen) atoms. The molecular formula is C11H18N2O. The van der Waals surface area contributed by atoms with Crippen LogP contribution in [0.15, 0.2) is 12.3 Å². The smallest absolute Gasteiger partial charge is 0.139 e. The van der Waals surface area contributed by atoms with Gasteiger partial charge in [-0.25, -0.2) is 0 Å². The van der Waals surface area contributed by atoms with Crippen molar-refractivity contribution >= 4 is 5.78 Å². The lowest BCUT2D eigenvalue weighted by atomic mass is 10.00. The summed E-state index contributed by atoms with van der Waals surface area (Å²) >= 11 is 0. The maximum atomic E-state index is 11.5. The molecule has 0 radical (unpaired) electrons. The Balaban J connectivity index is 2.41. The van der Waals surface area contributed by atoms with Crippen molar-refractivity contribution in [2.24, 2.45) is 13.0 Å². The molecular weight excluding hydrogens is 176 g/mol. The van der Waals surface area contributed by atoms with E-state index in [1.54, 1.807) is 4.68 Å². The lowest BCUT2D eigenvalue weighted by molar-refractivity contribution is -0.119. The lowest BCUT2D eigenvalue weighted by Crippen LogP contribution is -2.08. The average molecular weight is 194 g/mol. The molecule has 3 heteroatoms. The van der Waals surface area contributed by atoms with Crippen LogP contribution < -0.4 is 0 Å². The number of carbonyl (C=O) groups is 1. The van der Waals surface area contributed by atoms with Crippen LogP contribution in [-0.4, -0.2) is 15.6 Å². The van der Waals surface area contributed by atoms with Gasteiger partial charge in [0.2, 0.25) is 0 Å². The first-order valence-electron chi connectivity index (χ1n) is 5.12. The molecule has 78 valence electrons. The first kappa shape index (κ1) is 11.0. The SMILES string of the molecule is CCC(C)CC(=O)Cc1ccn(C)n1. The third-order valence-electron chi connectivity index (χ3n) is 2.42. The van der Waals surface area contributed by atoms with Crippen LogP contribution >= 0.6 is 0 Å². The Bertz CT molecular complexity index is 304. The zero-order chi connectivity index (χ0) is 10.6. The van der Waals surface area contributed by atoms with E-state index in [1.807, 2.05) is 19.3 Å². The number of hydrogen-bond acceptors (Lipinski definition) is 2. The van der Waals surface area contributed by atoms with E-state index in [4.69, 9.17) is 0 Å². The zero-order valence-corrected chi connectivity index (χ0v) is 9.16. The highest BCUT2D eigenvalue weighted by Gasteiger charge is 2.09. The van der Waals surface area contributed by atoms with Gasteiger partial charge >= 0.3 is 0 Å². The number of rotatable bonds is 5. The molecule has 3 nitrogen and oxygen atoms in total. The van der Waals surface area contributed by atoms with Crippen LogP contribution in [-0.2, 0) is 18.3 Å². The highest BCUT2D eigenvalue weighted by Crippen LogP contribution is 2.09. The van der Waals surface area contributed by atoms with E-state index in [1.165, 1.54) is 0 Å². The average Bonchev–Trinajstić information content (AvgIpc) is 2.50. The summed E-state index contributed by atoms with van der Waals surface area (Å²) in [6.07, 6.45) is 4.08. The first-order chi connectivity index (χ1) is 6.61. The van der Waals surface area contributed by atoms with Crippen molar-refractivity contribution in [2.45, 2.75) is 33.1 Å². The number of aryl methyl sites for hydroxylation is 1. The molecule has 0 aliphatic rings. The summed E-state index contributed by atoms with van der Waals surface area (Å²) in [6, 6.07) is 1.90. The monoisotopic (exact) mass is 194 g/mol. The molecule has 0 aliphatic heterocycles. The van der Waals surface area contributed by atoms with Crippen LogP contribution in [0.5, 0.6) is 0 Å². The van der Waals surface area contributed by atoms with Crippen LogP contribution in [0.1, 0.15) is 32.4 Å². The first-order valence-corrected chi connectivity index (χ1v) is 5.12. The molecule has 1 aromatic heterocycles. The minimum absolute atomic E-state index is 0.290. The van der Waals surface area contributed by atoms with E-state index in [-0.39, 0.29) is 5.78 Å². The van der Waals surface area contributed by atoms with Gasteiger partial charge in [0.05, 0.1) is 12.1 Å². The quantitative estimate of drug-likeness (QED) is 0.718. The lowest BCUT2D eigenvalue weighted by Gasteiger charge is -2.05. The molecule has 1 unspecified atom stereocenters. The summed E-state index contributed by atoms with van der Waals surface area (Å²) < 4.78 is 1.73. The standard InChI is InChI=1S/C11H18N2O/c1-4-9(2)7-11(14)8-10-5-6-13(3)12-10/h5-6,9H,4,7-8H2,1-3H3. The molecule has 0 saturated heterocycles. The minimum atomic E-state index is 0.290. The van der Waals surface area contributed by atoms with E-state index in [2.05, 4.69) is 18.9 Å². The Kier molecular flexibility index (Phi) is 3.86. The number of carbonyl (C=O) groups excluding carboxylic acids is 1. The summed E-state index contributed by atoms with van der Waals surface area (Å²) in [7, 11) is 1.86. The molecule has 1 rings (SSSR count). The Labute approximate surface area is 85.1 Å². The van der Waals surface area contributed by atoms with Gasteiger partial charge in [-0.1, -0.05) is 20.3 Å². The number of ketones is 1. The number of Topliss-reactive ketones (excluding diaryl/α,β-unsaturated/α-hetero) is 1. The predicted octanol–water partition coefficient (Wildman–Crippen LogP) is 1.97. The van der Waals surface area contributed by atoms with Crippen molar-refractivity contribution in [3.05, 3.63) is 18.0 Å². The Morgan fingerprint density at radius 3 is 2.86 bits per heavy atom. The van der Waals surface area contributed by atoms with Crippen molar-refractivity contribution in [1.82, 2.24) is 9.78 Å². The van der Waals surface area contributed by atoms with Gasteiger partial charge in [-0.2, -0.15) is 5.10 Å². The van der Waals surface area contributed by atoms with Gasteiger partial charge in [-0.05, 0) is 12.0 Å². The fraction of sp³-hybridized carbons (Fsp3) is 0.636. The molecule has 0 bridgehead atoms. The predicted molar refractivity (Wildman–Crippen MR) is 56.0 cm³/mol. The fourth-order valence-corrected chi connectivity index (χ4v) is 1.36. The van der Waals surface area contributed by atoms with Gasteiger partial charge in [-0.3, -0.25) is 9.48 Å². The molecule has 0 aromatic carbocycles. The Morgan fingerprint density at radius 1 is 1.64 bits per heavy atom. The summed E-state index contributed by atoms with van der Waals surface area (Å²) in [5, 5.41) is 4.18. The van der Waals surface area contributed by atoms with Crippen LogP contribution in [0.3, 0.4) is 0 Å². The maximum Gasteiger partial charge on any atom is 0.139 e. The topological polar surface area (TPSA) is 34.9 Å². The summed E-state index contributed by atoms with van der Waals surface area (Å²) in [6.45, 7) is 4.22. The van der Waals surface area contributed by atoms with Gasteiger partial charge in [0, 0.05) is 19.7 Å². The van der Waals surface area contributed by atoms with E-state index < -0.39 is 0 Å². The molecule has 1 atom stereocenters. The Morgan fingerprint density at radius 2 is 2.36 bits per heavy atom. The number of hydrogen-bond donors (Lipinski definition) is 0. The molecule has 0 spiro atoms. The van der Waals surface area contributed by atoms with E-state index in [0.29, 0.717) is 18.8 Å². The normalized spacial score (nSPS) is 12.8. The molecule has 0 fully saturated rings. The zero-order valence-electron chi connectivity index (χ0n) is 9.16. The second-order valence-electron chi connectivity index (χ2n) is 3.91. The number of aromatic nitrogens is 2. The van der Waals surface area contributed by atoms with Crippen LogP contribution in [0.4, 0.5) is 0 Å². The summed E-state index contributed by atoms with van der Waals surface area (Å²) in [5.74, 6) is 0.782. The maximum absolute atomic E-state index is 11.5.